The average molecular weight is 253 g/mol. The van der Waals surface area contributed by atoms with E-state index in [1.807, 2.05) is 0 Å². The summed E-state index contributed by atoms with van der Waals surface area (Å²) in [5.74, 6) is -0.538. The Bertz CT molecular complexity index is 398. The van der Waals surface area contributed by atoms with Crippen molar-refractivity contribution < 1.29 is 19.1 Å². The van der Waals surface area contributed by atoms with Crippen LogP contribution in [0.1, 0.15) is 29.6 Å². The third-order valence-corrected chi connectivity index (χ3v) is 3.09. The molecule has 0 amide bonds. The van der Waals surface area contributed by atoms with Gasteiger partial charge in [-0.25, -0.2) is 9.18 Å². The summed E-state index contributed by atoms with van der Waals surface area (Å²) >= 11 is 0. The number of halogens is 1. The Labute approximate surface area is 105 Å². The van der Waals surface area contributed by atoms with Crippen molar-refractivity contribution in [3.63, 3.8) is 0 Å². The Morgan fingerprint density at radius 1 is 1.33 bits per heavy atom. The Morgan fingerprint density at radius 2 is 2.06 bits per heavy atom. The Balaban J connectivity index is 1.86. The molecule has 2 N–H and O–H groups in total. The lowest BCUT2D eigenvalue weighted by molar-refractivity contribution is -0.0435. The van der Waals surface area contributed by atoms with Gasteiger partial charge in [-0.15, -0.1) is 5.48 Å². The van der Waals surface area contributed by atoms with Gasteiger partial charge in [-0.3, -0.25) is 0 Å². The van der Waals surface area contributed by atoms with E-state index in [0.29, 0.717) is 24.8 Å². The van der Waals surface area contributed by atoms with Crippen molar-refractivity contribution in [1.29, 1.82) is 0 Å². The van der Waals surface area contributed by atoms with Crippen LogP contribution < -0.4 is 5.48 Å². The van der Waals surface area contributed by atoms with E-state index in [4.69, 9.17) is 4.84 Å². The van der Waals surface area contributed by atoms with Crippen molar-refractivity contribution in [2.75, 3.05) is 0 Å². The van der Waals surface area contributed by atoms with E-state index in [-0.39, 0.29) is 0 Å². The monoisotopic (exact) mass is 253 g/mol. The van der Waals surface area contributed by atoms with Crippen LogP contribution in [0.2, 0.25) is 0 Å². The van der Waals surface area contributed by atoms with Crippen LogP contribution in [0.4, 0.5) is 4.39 Å². The summed E-state index contributed by atoms with van der Waals surface area (Å²) in [5.41, 5.74) is 2.87. The lowest BCUT2D eigenvalue weighted by Gasteiger charge is -2.30. The van der Waals surface area contributed by atoms with E-state index in [2.05, 4.69) is 5.48 Å². The van der Waals surface area contributed by atoms with Crippen LogP contribution >= 0.6 is 0 Å². The number of aliphatic hydroxyl groups is 1. The summed E-state index contributed by atoms with van der Waals surface area (Å²) in [6, 6.07) is 7.95. The molecule has 1 aromatic rings. The van der Waals surface area contributed by atoms with Gasteiger partial charge in [0.25, 0.3) is 0 Å². The van der Waals surface area contributed by atoms with Gasteiger partial charge in [0.2, 0.25) is 0 Å². The molecule has 3 atom stereocenters. The molecule has 18 heavy (non-hydrogen) atoms. The Morgan fingerprint density at radius 3 is 2.78 bits per heavy atom. The van der Waals surface area contributed by atoms with Crippen molar-refractivity contribution >= 4 is 5.97 Å². The molecule has 2 rings (SSSR count). The first kappa shape index (κ1) is 13.0. The highest BCUT2D eigenvalue weighted by atomic mass is 19.1. The predicted octanol–water partition coefficient (Wildman–Crippen LogP) is 1.60. The predicted molar refractivity (Wildman–Crippen MR) is 63.5 cm³/mol. The molecule has 0 heterocycles. The van der Waals surface area contributed by atoms with Gasteiger partial charge >= 0.3 is 5.97 Å². The molecule has 98 valence electrons. The Kier molecular flexibility index (Phi) is 4.28. The topological polar surface area (TPSA) is 58.6 Å². The van der Waals surface area contributed by atoms with Gasteiger partial charge in [0, 0.05) is 0 Å². The second-order valence-electron chi connectivity index (χ2n) is 4.42. The van der Waals surface area contributed by atoms with E-state index in [0.717, 1.165) is 0 Å². The molecule has 1 aromatic carbocycles. The lowest BCUT2D eigenvalue weighted by Crippen LogP contribution is -2.48. The minimum atomic E-state index is -1.26. The van der Waals surface area contributed by atoms with E-state index >= 15 is 0 Å². The maximum absolute atomic E-state index is 13.2. The van der Waals surface area contributed by atoms with Crippen LogP contribution in [0.15, 0.2) is 30.3 Å². The fourth-order valence-corrected chi connectivity index (χ4v) is 2.02. The fraction of sp³-hybridized carbons (Fsp3) is 0.462. The standard InChI is InChI=1S/C13H16FNO3/c14-10-7-4-8-11(12(10)16)15-18-13(17)9-5-2-1-3-6-9/h1-3,5-6,10-12,15-16H,4,7-8H2/t10-,11-,12+/m0/s1. The number of hydroxylamine groups is 1. The number of rotatable bonds is 3. The molecule has 0 saturated heterocycles. The second-order valence-corrected chi connectivity index (χ2v) is 4.42. The SMILES string of the molecule is O=C(ON[C@H]1CCC[C@H](F)[C@H]1O)c1ccccc1. The zero-order chi connectivity index (χ0) is 13.0. The summed E-state index contributed by atoms with van der Waals surface area (Å²) in [5, 5.41) is 9.59. The number of benzene rings is 1. The van der Waals surface area contributed by atoms with E-state index in [1.54, 1.807) is 30.3 Å². The summed E-state index contributed by atoms with van der Waals surface area (Å²) in [4.78, 5) is 16.5. The molecule has 1 aliphatic carbocycles. The molecular weight excluding hydrogens is 237 g/mol. The van der Waals surface area contributed by atoms with Crippen molar-refractivity contribution in [1.82, 2.24) is 5.48 Å². The van der Waals surface area contributed by atoms with E-state index in [1.165, 1.54) is 0 Å². The zero-order valence-electron chi connectivity index (χ0n) is 9.88. The molecule has 0 bridgehead atoms. The molecule has 0 unspecified atom stereocenters. The number of carbonyl (C=O) groups is 1. The number of carbonyl (C=O) groups excluding carboxylic acids is 1. The number of aliphatic hydroxyl groups excluding tert-OH is 1. The van der Waals surface area contributed by atoms with Gasteiger partial charge in [-0.05, 0) is 31.4 Å². The van der Waals surface area contributed by atoms with Gasteiger partial charge in [0.1, 0.15) is 12.3 Å². The molecule has 0 aromatic heterocycles. The normalized spacial score (nSPS) is 27.8. The molecular formula is C13H16FNO3. The highest BCUT2D eigenvalue weighted by Gasteiger charge is 2.32. The average Bonchev–Trinajstić information content (AvgIpc) is 2.41. The summed E-state index contributed by atoms with van der Waals surface area (Å²) in [6.45, 7) is 0. The molecule has 0 spiro atoms. The third-order valence-electron chi connectivity index (χ3n) is 3.09. The van der Waals surface area contributed by atoms with Gasteiger partial charge < -0.3 is 9.94 Å². The minimum absolute atomic E-state index is 0.353. The first-order valence-electron chi connectivity index (χ1n) is 6.02. The molecule has 1 fully saturated rings. The van der Waals surface area contributed by atoms with E-state index in [9.17, 15) is 14.3 Å². The van der Waals surface area contributed by atoms with Crippen molar-refractivity contribution in [3.8, 4) is 0 Å². The van der Waals surface area contributed by atoms with Crippen molar-refractivity contribution in [3.05, 3.63) is 35.9 Å². The highest BCUT2D eigenvalue weighted by Crippen LogP contribution is 2.21. The summed E-state index contributed by atoms with van der Waals surface area (Å²) in [6.07, 6.45) is -0.775. The zero-order valence-corrected chi connectivity index (χ0v) is 9.88. The third kappa shape index (κ3) is 3.05. The van der Waals surface area contributed by atoms with Gasteiger partial charge in [0.05, 0.1) is 11.6 Å². The summed E-state index contributed by atoms with van der Waals surface area (Å²) < 4.78 is 13.2. The maximum Gasteiger partial charge on any atom is 0.356 e. The molecule has 4 nitrogen and oxygen atoms in total. The maximum atomic E-state index is 13.2. The number of nitrogens with one attached hydrogen (secondary N) is 1. The number of hydrogen-bond donors (Lipinski definition) is 2. The summed E-state index contributed by atoms with van der Waals surface area (Å²) in [7, 11) is 0. The molecule has 1 saturated carbocycles. The molecule has 0 radical (unpaired) electrons. The van der Waals surface area contributed by atoms with Crippen LogP contribution in [0, 0.1) is 0 Å². The van der Waals surface area contributed by atoms with Gasteiger partial charge in [-0.1, -0.05) is 18.2 Å². The molecule has 1 aliphatic rings. The van der Waals surface area contributed by atoms with Crippen molar-refractivity contribution in [2.45, 2.75) is 37.6 Å². The van der Waals surface area contributed by atoms with Gasteiger partial charge in [-0.2, -0.15) is 0 Å². The smallest absolute Gasteiger partial charge is 0.356 e. The van der Waals surface area contributed by atoms with Gasteiger partial charge in [0.15, 0.2) is 0 Å². The Hall–Kier alpha value is -1.46. The lowest BCUT2D eigenvalue weighted by atomic mass is 9.92. The first-order chi connectivity index (χ1) is 8.68. The van der Waals surface area contributed by atoms with Crippen LogP contribution in [0.3, 0.4) is 0 Å². The van der Waals surface area contributed by atoms with Crippen LogP contribution in [-0.4, -0.2) is 29.4 Å². The van der Waals surface area contributed by atoms with Crippen LogP contribution in [0.25, 0.3) is 0 Å². The quantitative estimate of drug-likeness (QED) is 0.803. The van der Waals surface area contributed by atoms with E-state index < -0.39 is 24.3 Å². The number of alkyl halides is 1. The molecule has 5 heteroatoms. The largest absolute Gasteiger partial charge is 0.388 e. The number of hydrogen-bond acceptors (Lipinski definition) is 4. The highest BCUT2D eigenvalue weighted by molar-refractivity contribution is 5.89. The fourth-order valence-electron chi connectivity index (χ4n) is 2.02. The van der Waals surface area contributed by atoms with Crippen molar-refractivity contribution in [2.24, 2.45) is 0 Å². The van der Waals surface area contributed by atoms with Crippen LogP contribution in [-0.2, 0) is 4.84 Å². The van der Waals surface area contributed by atoms with Crippen LogP contribution in [0.5, 0.6) is 0 Å². The minimum Gasteiger partial charge on any atom is -0.388 e. The first-order valence-corrected chi connectivity index (χ1v) is 6.02. The second kappa shape index (κ2) is 5.93. The molecule has 0 aliphatic heterocycles.